The Kier molecular flexibility index (Phi) is 17.0. The van der Waals surface area contributed by atoms with Crippen molar-refractivity contribution < 1.29 is 33.5 Å². The van der Waals surface area contributed by atoms with Crippen molar-refractivity contribution in [3.05, 3.63) is 132 Å². The Morgan fingerprint density at radius 1 is 0.508 bits per heavy atom. The highest BCUT2D eigenvalue weighted by molar-refractivity contribution is 6.36. The number of hydrogen-bond acceptors (Lipinski definition) is 11. The second-order valence-corrected chi connectivity index (χ2v) is 15.9. The fraction of sp³-hybridized carbons (Fsp3) is 0.122. The van der Waals surface area contributed by atoms with Crippen LogP contribution >= 0.6 is 81.2 Å². The molecule has 0 bridgehead atoms. The van der Waals surface area contributed by atoms with Gasteiger partial charge in [0.25, 0.3) is 23.6 Å². The van der Waals surface area contributed by atoms with Crippen LogP contribution in [-0.4, -0.2) is 53.3 Å². The van der Waals surface area contributed by atoms with Crippen LogP contribution in [0.1, 0.15) is 34.6 Å². The molecule has 0 saturated heterocycles. The summed E-state index contributed by atoms with van der Waals surface area (Å²) in [5, 5.41) is 27.6. The molecule has 22 heteroatoms. The van der Waals surface area contributed by atoms with Crippen LogP contribution in [0.15, 0.2) is 111 Å². The molecule has 0 aliphatic rings. The maximum atomic E-state index is 13.4. The molecule has 5 aromatic rings. The van der Waals surface area contributed by atoms with Crippen LogP contribution in [0.2, 0.25) is 30.1 Å². The van der Waals surface area contributed by atoms with E-state index in [0.717, 1.165) is 13.8 Å². The number of amides is 4. The highest BCUT2D eigenvalue weighted by Crippen LogP contribution is 2.31. The highest BCUT2D eigenvalue weighted by Gasteiger charge is 2.26. The molecular weight excluding hydrogens is 965 g/mol. The van der Waals surface area contributed by atoms with Crippen LogP contribution in [-0.2, 0) is 19.2 Å². The molecule has 0 aliphatic carbocycles. The van der Waals surface area contributed by atoms with E-state index in [1.807, 2.05) is 0 Å². The number of carbonyl (C=O) groups is 6. The summed E-state index contributed by atoms with van der Waals surface area (Å²) < 4.78 is 5.46. The summed E-state index contributed by atoms with van der Waals surface area (Å²) in [5.74, 6) is -4.41. The lowest BCUT2D eigenvalue weighted by atomic mass is 10.1. The molecule has 0 saturated carbocycles. The molecule has 5 aromatic carbocycles. The van der Waals surface area contributed by atoms with Gasteiger partial charge in [0.15, 0.2) is 17.6 Å². The molecule has 0 spiro atoms. The predicted molar refractivity (Wildman–Crippen MR) is 245 cm³/mol. The van der Waals surface area contributed by atoms with E-state index in [2.05, 4.69) is 41.7 Å². The fourth-order valence-electron chi connectivity index (χ4n) is 5.36. The third-order valence-corrected chi connectivity index (χ3v) is 9.51. The van der Waals surface area contributed by atoms with Crippen LogP contribution in [0.5, 0.6) is 5.75 Å². The van der Waals surface area contributed by atoms with Gasteiger partial charge in [-0.15, -0.1) is 0 Å². The Balaban J connectivity index is 1.28. The van der Waals surface area contributed by atoms with E-state index in [4.69, 9.17) is 85.9 Å². The predicted octanol–water partition coefficient (Wildman–Crippen LogP) is 12.0. The first-order chi connectivity index (χ1) is 29.9. The number of Topliss-reactive ketones (excluding diaryl/α,β-unsaturated/α-hetero) is 2. The molecular formula is C41H29Cl7N8O7. The standard InChI is InChI=1S/C41H29Cl7N8O7/c1-19(57)36(55-53-32-7-21(5-23(43)15-32)38(59)50-30-11-25(45)9-26(46)12-30)40(61)49-29-3-4-34(35(17-29)63-18-42)52-41(62)37(20(2)58)56-54-33-8-22(6-24(44)16-33)39(60)51-31-13-27(47)10-28(48)14-31/h3-17,36-37H,18H2,1-2H3,(H,49,61)(H,50,59)(H,51,60)(H,52,62). The van der Waals surface area contributed by atoms with E-state index in [0.29, 0.717) is 31.5 Å². The van der Waals surface area contributed by atoms with Crippen LogP contribution in [0.25, 0.3) is 0 Å². The Bertz CT molecular complexity index is 2660. The maximum absolute atomic E-state index is 13.4. The normalized spacial score (nSPS) is 12.1. The van der Waals surface area contributed by atoms with Crippen molar-refractivity contribution in [1.82, 2.24) is 0 Å². The van der Waals surface area contributed by atoms with Crippen LogP contribution in [0, 0.1) is 0 Å². The zero-order valence-electron chi connectivity index (χ0n) is 32.3. The van der Waals surface area contributed by atoms with Crippen molar-refractivity contribution >= 4 is 151 Å². The van der Waals surface area contributed by atoms with E-state index >= 15 is 0 Å². The Morgan fingerprint density at radius 2 is 0.921 bits per heavy atom. The van der Waals surface area contributed by atoms with Gasteiger partial charge in [-0.1, -0.05) is 81.2 Å². The lowest BCUT2D eigenvalue weighted by Crippen LogP contribution is -2.32. The number of nitrogens with zero attached hydrogens (tertiary/aromatic N) is 4. The van der Waals surface area contributed by atoms with Crippen molar-refractivity contribution in [1.29, 1.82) is 0 Å². The number of carbonyl (C=O) groups excluding carboxylic acids is 6. The summed E-state index contributed by atoms with van der Waals surface area (Å²) in [4.78, 5) is 77.8. The maximum Gasteiger partial charge on any atom is 0.258 e. The molecule has 0 radical (unpaired) electrons. The molecule has 0 fully saturated rings. The molecule has 4 amide bonds. The van der Waals surface area contributed by atoms with Crippen molar-refractivity contribution in [2.24, 2.45) is 20.5 Å². The van der Waals surface area contributed by atoms with Gasteiger partial charge in [0.05, 0.1) is 17.1 Å². The van der Waals surface area contributed by atoms with Crippen molar-refractivity contribution in [2.45, 2.75) is 25.9 Å². The van der Waals surface area contributed by atoms with Gasteiger partial charge < -0.3 is 26.0 Å². The quantitative estimate of drug-likeness (QED) is 0.0426. The molecule has 2 atom stereocenters. The first-order valence-corrected chi connectivity index (χ1v) is 20.6. The first kappa shape index (κ1) is 48.4. The Morgan fingerprint density at radius 3 is 1.33 bits per heavy atom. The average Bonchev–Trinajstić information content (AvgIpc) is 3.17. The van der Waals surface area contributed by atoms with Crippen molar-refractivity contribution in [2.75, 3.05) is 27.3 Å². The number of azo groups is 2. The molecule has 0 heterocycles. The summed E-state index contributed by atoms with van der Waals surface area (Å²) in [6, 6.07) is 17.4. The average molecular weight is 994 g/mol. The largest absolute Gasteiger partial charge is 0.476 e. The molecule has 324 valence electrons. The smallest absolute Gasteiger partial charge is 0.258 e. The van der Waals surface area contributed by atoms with E-state index in [1.54, 1.807) is 0 Å². The van der Waals surface area contributed by atoms with Gasteiger partial charge >= 0.3 is 0 Å². The van der Waals surface area contributed by atoms with Crippen LogP contribution in [0.3, 0.4) is 0 Å². The van der Waals surface area contributed by atoms with Crippen molar-refractivity contribution in [3.63, 3.8) is 0 Å². The third-order valence-electron chi connectivity index (χ3n) is 8.09. The molecule has 0 aliphatic heterocycles. The second-order valence-electron chi connectivity index (χ2n) is 13.0. The minimum atomic E-state index is -1.67. The summed E-state index contributed by atoms with van der Waals surface area (Å²) in [5.41, 5.74) is 0.997. The summed E-state index contributed by atoms with van der Waals surface area (Å²) in [7, 11) is 0. The van der Waals surface area contributed by atoms with E-state index < -0.39 is 53.3 Å². The van der Waals surface area contributed by atoms with Gasteiger partial charge in [-0.3, -0.25) is 28.8 Å². The molecule has 4 N–H and O–H groups in total. The van der Waals surface area contributed by atoms with Gasteiger partial charge in [0, 0.05) is 64.4 Å². The topological polar surface area (TPSA) is 209 Å². The minimum absolute atomic E-state index is 0.0185. The Labute approximate surface area is 393 Å². The number of ketones is 2. The van der Waals surface area contributed by atoms with E-state index in [1.165, 1.54) is 91.0 Å². The van der Waals surface area contributed by atoms with Crippen LogP contribution in [0.4, 0.5) is 34.1 Å². The number of nitrogens with one attached hydrogen (secondary N) is 4. The van der Waals surface area contributed by atoms with Crippen LogP contribution < -0.4 is 26.0 Å². The molecule has 63 heavy (non-hydrogen) atoms. The van der Waals surface area contributed by atoms with Crippen molar-refractivity contribution in [3.8, 4) is 5.75 Å². The van der Waals surface area contributed by atoms with Gasteiger partial charge in [-0.05, 0) is 98.8 Å². The Hall–Kier alpha value is -5.65. The fourth-order valence-corrected chi connectivity index (χ4v) is 6.99. The monoisotopic (exact) mass is 990 g/mol. The lowest BCUT2D eigenvalue weighted by molar-refractivity contribution is -0.127. The second kappa shape index (κ2) is 22.1. The zero-order chi connectivity index (χ0) is 46.0. The number of hydrogen-bond donors (Lipinski definition) is 4. The number of ether oxygens (including phenoxy) is 1. The molecule has 5 rings (SSSR count). The SMILES string of the molecule is CC(=O)C(N=Nc1cc(Cl)cc(C(=O)Nc2cc(Cl)cc(Cl)c2)c1)C(=O)Nc1ccc(NC(=O)C(N=Nc2cc(Cl)cc(C(=O)Nc3cc(Cl)cc(Cl)c3)c2)C(C)=O)c(OCCl)c1. The highest BCUT2D eigenvalue weighted by atomic mass is 35.5. The molecule has 15 nitrogen and oxygen atoms in total. The van der Waals surface area contributed by atoms with Gasteiger partial charge in [-0.2, -0.15) is 20.5 Å². The third kappa shape index (κ3) is 14.2. The lowest BCUT2D eigenvalue weighted by Gasteiger charge is -2.15. The zero-order valence-corrected chi connectivity index (χ0v) is 37.6. The number of benzene rings is 5. The first-order valence-electron chi connectivity index (χ1n) is 17.8. The molecule has 0 aromatic heterocycles. The minimum Gasteiger partial charge on any atom is -0.476 e. The van der Waals surface area contributed by atoms with E-state index in [-0.39, 0.29) is 49.7 Å². The van der Waals surface area contributed by atoms with Gasteiger partial charge in [0.2, 0.25) is 12.1 Å². The summed E-state index contributed by atoms with van der Waals surface area (Å²) >= 11 is 42.4. The number of anilines is 4. The summed E-state index contributed by atoms with van der Waals surface area (Å²) in [6.07, 6.45) is 0. The number of halogens is 7. The van der Waals surface area contributed by atoms with Gasteiger partial charge in [-0.25, -0.2) is 0 Å². The summed E-state index contributed by atoms with van der Waals surface area (Å²) in [6.45, 7) is 2.25. The number of alkyl halides is 1. The molecule has 2 unspecified atom stereocenters. The van der Waals surface area contributed by atoms with E-state index in [9.17, 15) is 28.8 Å². The van der Waals surface area contributed by atoms with Gasteiger partial charge in [0.1, 0.15) is 5.75 Å². The number of rotatable bonds is 16.